The number of carbonyl (C=O) groups excluding carboxylic acids is 1. The van der Waals surface area contributed by atoms with Crippen LogP contribution >= 0.6 is 11.3 Å². The Balaban J connectivity index is 1.61. The molecular formula is C18H23N3O3S. The van der Waals surface area contributed by atoms with Crippen molar-refractivity contribution in [2.75, 3.05) is 40.4 Å². The Morgan fingerprint density at radius 3 is 2.28 bits per heavy atom. The highest BCUT2D eigenvalue weighted by Gasteiger charge is 2.23. The quantitative estimate of drug-likeness (QED) is 0.819. The molecule has 0 atom stereocenters. The van der Waals surface area contributed by atoms with Crippen LogP contribution in [0.5, 0.6) is 11.5 Å². The van der Waals surface area contributed by atoms with Crippen molar-refractivity contribution in [2.45, 2.75) is 13.5 Å². The van der Waals surface area contributed by atoms with E-state index < -0.39 is 0 Å². The number of hydrogen-bond acceptors (Lipinski definition) is 6. The molecule has 2 heterocycles. The maximum absolute atomic E-state index is 12.8. The molecule has 0 saturated carbocycles. The minimum Gasteiger partial charge on any atom is -0.497 e. The molecule has 2 aromatic rings. The van der Waals surface area contributed by atoms with Crippen molar-refractivity contribution in [3.63, 3.8) is 0 Å². The molecule has 1 aromatic carbocycles. The Kier molecular flexibility index (Phi) is 5.55. The summed E-state index contributed by atoms with van der Waals surface area (Å²) >= 11 is 1.68. The predicted octanol–water partition coefficient (Wildman–Crippen LogP) is 2.43. The van der Waals surface area contributed by atoms with Gasteiger partial charge in [-0.3, -0.25) is 9.69 Å². The summed E-state index contributed by atoms with van der Waals surface area (Å²) in [6.45, 7) is 5.99. The number of benzene rings is 1. The number of methoxy groups -OCH3 is 2. The van der Waals surface area contributed by atoms with Gasteiger partial charge in [-0.15, -0.1) is 11.3 Å². The minimum atomic E-state index is 0.0151. The maximum Gasteiger partial charge on any atom is 0.254 e. The fraction of sp³-hybridized carbons (Fsp3) is 0.444. The molecule has 3 rings (SSSR count). The highest BCUT2D eigenvalue weighted by Crippen LogP contribution is 2.24. The van der Waals surface area contributed by atoms with E-state index in [1.54, 1.807) is 43.8 Å². The number of piperazine rings is 1. The first-order chi connectivity index (χ1) is 12.1. The van der Waals surface area contributed by atoms with E-state index in [4.69, 9.17) is 9.47 Å². The first-order valence-corrected chi connectivity index (χ1v) is 9.12. The Labute approximate surface area is 152 Å². The van der Waals surface area contributed by atoms with Crippen molar-refractivity contribution < 1.29 is 14.3 Å². The normalized spacial score (nSPS) is 15.2. The van der Waals surface area contributed by atoms with Gasteiger partial charge in [-0.2, -0.15) is 0 Å². The molecule has 1 amide bonds. The first kappa shape index (κ1) is 17.7. The lowest BCUT2D eigenvalue weighted by Crippen LogP contribution is -2.48. The van der Waals surface area contributed by atoms with Gasteiger partial charge in [-0.05, 0) is 19.1 Å². The first-order valence-electron chi connectivity index (χ1n) is 8.24. The van der Waals surface area contributed by atoms with Crippen LogP contribution < -0.4 is 9.47 Å². The third-order valence-corrected chi connectivity index (χ3v) is 5.13. The van der Waals surface area contributed by atoms with Crippen LogP contribution in [0.15, 0.2) is 23.6 Å². The molecule has 0 unspecified atom stereocenters. The molecule has 0 spiro atoms. The van der Waals surface area contributed by atoms with Gasteiger partial charge in [0.15, 0.2) is 0 Å². The van der Waals surface area contributed by atoms with E-state index >= 15 is 0 Å². The van der Waals surface area contributed by atoms with Crippen molar-refractivity contribution in [2.24, 2.45) is 0 Å². The molecule has 1 aromatic heterocycles. The average Bonchev–Trinajstić information content (AvgIpc) is 3.06. The molecule has 1 fully saturated rings. The number of rotatable bonds is 5. The van der Waals surface area contributed by atoms with E-state index in [1.807, 2.05) is 11.8 Å². The molecule has 0 aliphatic carbocycles. The Morgan fingerprint density at radius 1 is 1.12 bits per heavy atom. The number of aryl methyl sites for hydroxylation is 1. The van der Waals surface area contributed by atoms with Gasteiger partial charge in [-0.25, -0.2) is 4.98 Å². The van der Waals surface area contributed by atoms with Crippen molar-refractivity contribution >= 4 is 17.2 Å². The highest BCUT2D eigenvalue weighted by atomic mass is 32.1. The summed E-state index contributed by atoms with van der Waals surface area (Å²) in [5.41, 5.74) is 1.71. The van der Waals surface area contributed by atoms with E-state index in [0.717, 1.165) is 30.3 Å². The second-order valence-electron chi connectivity index (χ2n) is 6.03. The topological polar surface area (TPSA) is 54.9 Å². The van der Waals surface area contributed by atoms with Crippen molar-refractivity contribution in [1.29, 1.82) is 0 Å². The average molecular weight is 361 g/mol. The Hall–Kier alpha value is -2.12. The number of nitrogens with zero attached hydrogens (tertiary/aromatic N) is 3. The van der Waals surface area contributed by atoms with Crippen LogP contribution in [0.4, 0.5) is 0 Å². The third kappa shape index (κ3) is 4.29. The minimum absolute atomic E-state index is 0.0151. The largest absolute Gasteiger partial charge is 0.497 e. The number of thiazole rings is 1. The molecule has 0 radical (unpaired) electrons. The lowest BCUT2D eigenvalue weighted by molar-refractivity contribution is 0.0626. The zero-order valence-electron chi connectivity index (χ0n) is 14.8. The summed E-state index contributed by atoms with van der Waals surface area (Å²) < 4.78 is 10.5. The van der Waals surface area contributed by atoms with Gasteiger partial charge < -0.3 is 14.4 Å². The summed E-state index contributed by atoms with van der Waals surface area (Å²) in [6, 6.07) is 5.29. The maximum atomic E-state index is 12.8. The number of hydrogen-bond donors (Lipinski definition) is 0. The van der Waals surface area contributed by atoms with E-state index in [0.29, 0.717) is 30.2 Å². The number of aromatic nitrogens is 1. The van der Waals surface area contributed by atoms with E-state index in [9.17, 15) is 4.79 Å². The van der Waals surface area contributed by atoms with Crippen LogP contribution in [0.25, 0.3) is 0 Å². The molecule has 0 N–H and O–H groups in total. The van der Waals surface area contributed by atoms with Crippen LogP contribution in [-0.2, 0) is 6.54 Å². The molecule has 7 heteroatoms. The summed E-state index contributed by atoms with van der Waals surface area (Å²) in [5.74, 6) is 1.27. The molecule has 6 nitrogen and oxygen atoms in total. The van der Waals surface area contributed by atoms with Crippen molar-refractivity contribution in [3.8, 4) is 11.5 Å². The van der Waals surface area contributed by atoms with Gasteiger partial charge in [0.2, 0.25) is 0 Å². The van der Waals surface area contributed by atoms with Crippen molar-refractivity contribution in [1.82, 2.24) is 14.8 Å². The van der Waals surface area contributed by atoms with Gasteiger partial charge in [-0.1, -0.05) is 0 Å². The summed E-state index contributed by atoms with van der Waals surface area (Å²) in [4.78, 5) is 21.5. The summed E-state index contributed by atoms with van der Waals surface area (Å²) in [5, 5.41) is 3.20. The second-order valence-corrected chi connectivity index (χ2v) is 7.09. The smallest absolute Gasteiger partial charge is 0.254 e. The lowest BCUT2D eigenvalue weighted by atomic mass is 10.1. The van der Waals surface area contributed by atoms with Crippen LogP contribution in [0.2, 0.25) is 0 Å². The van der Waals surface area contributed by atoms with Crippen LogP contribution in [0.1, 0.15) is 21.1 Å². The predicted molar refractivity (Wildman–Crippen MR) is 97.6 cm³/mol. The highest BCUT2D eigenvalue weighted by molar-refractivity contribution is 7.09. The molecule has 1 aliphatic rings. The van der Waals surface area contributed by atoms with Crippen molar-refractivity contribution in [3.05, 3.63) is 39.8 Å². The summed E-state index contributed by atoms with van der Waals surface area (Å²) in [7, 11) is 3.17. The molecule has 0 bridgehead atoms. The standard InChI is InChI=1S/C18H23N3O3S/c1-13-19-15(12-25-13)11-20-4-6-21(7-5-20)18(22)14-8-16(23-2)10-17(9-14)24-3/h8-10,12H,4-7,11H2,1-3H3. The van der Waals surface area contributed by atoms with Gasteiger partial charge in [0.05, 0.1) is 24.9 Å². The third-order valence-electron chi connectivity index (χ3n) is 4.31. The van der Waals surface area contributed by atoms with E-state index in [1.165, 1.54) is 0 Å². The lowest BCUT2D eigenvalue weighted by Gasteiger charge is -2.34. The van der Waals surface area contributed by atoms with Gasteiger partial charge in [0.25, 0.3) is 5.91 Å². The monoisotopic (exact) mass is 361 g/mol. The molecule has 25 heavy (non-hydrogen) atoms. The zero-order valence-corrected chi connectivity index (χ0v) is 15.6. The number of carbonyl (C=O) groups is 1. The van der Waals surface area contributed by atoms with Crippen LogP contribution in [0.3, 0.4) is 0 Å². The van der Waals surface area contributed by atoms with E-state index in [2.05, 4.69) is 15.3 Å². The van der Waals surface area contributed by atoms with E-state index in [-0.39, 0.29) is 5.91 Å². The molecule has 1 saturated heterocycles. The van der Waals surface area contributed by atoms with Gasteiger partial charge in [0.1, 0.15) is 11.5 Å². The zero-order chi connectivity index (χ0) is 17.8. The van der Waals surface area contributed by atoms with Gasteiger partial charge >= 0.3 is 0 Å². The molecule has 1 aliphatic heterocycles. The molecule has 134 valence electrons. The Bertz CT molecular complexity index is 717. The fourth-order valence-electron chi connectivity index (χ4n) is 2.93. The molecular weight excluding hydrogens is 338 g/mol. The van der Waals surface area contributed by atoms with Crippen LogP contribution in [0, 0.1) is 6.92 Å². The second kappa shape index (κ2) is 7.84. The fourth-order valence-corrected chi connectivity index (χ4v) is 3.54. The summed E-state index contributed by atoms with van der Waals surface area (Å²) in [6.07, 6.45) is 0. The SMILES string of the molecule is COc1cc(OC)cc(C(=O)N2CCN(Cc3csc(C)n3)CC2)c1. The van der Waals surface area contributed by atoms with Gasteiger partial charge in [0, 0.05) is 49.7 Å². The number of amides is 1. The van der Waals surface area contributed by atoms with Crippen LogP contribution in [-0.4, -0.2) is 61.1 Å². The number of ether oxygens (including phenoxy) is 2. The Morgan fingerprint density at radius 2 is 1.76 bits per heavy atom.